The van der Waals surface area contributed by atoms with Gasteiger partial charge in [-0.3, -0.25) is 25.8 Å². The minimum atomic E-state index is -0.420. The van der Waals surface area contributed by atoms with E-state index in [0.29, 0.717) is 33.0 Å². The fourth-order valence-electron chi connectivity index (χ4n) is 1.96. The van der Waals surface area contributed by atoms with Gasteiger partial charge >= 0.3 is 0 Å². The summed E-state index contributed by atoms with van der Waals surface area (Å²) in [6.45, 7) is 2.60. The lowest BCUT2D eigenvalue weighted by Gasteiger charge is -2.12. The van der Waals surface area contributed by atoms with Gasteiger partial charge in [0.2, 0.25) is 0 Å². The number of carbonyl (C=O) groups is 2. The van der Waals surface area contributed by atoms with Crippen LogP contribution in [0.5, 0.6) is 5.75 Å². The van der Waals surface area contributed by atoms with E-state index in [2.05, 4.69) is 32.1 Å². The highest BCUT2D eigenvalue weighted by Crippen LogP contribution is 2.26. The van der Waals surface area contributed by atoms with Crippen molar-refractivity contribution in [2.24, 2.45) is 0 Å². The van der Waals surface area contributed by atoms with Crippen molar-refractivity contribution >= 4 is 56.7 Å². The fourth-order valence-corrected chi connectivity index (χ4v) is 2.73. The Morgan fingerprint density at radius 3 is 2.37 bits per heavy atom. The van der Waals surface area contributed by atoms with Crippen molar-refractivity contribution in [1.82, 2.24) is 16.2 Å². The molecule has 0 spiro atoms. The van der Waals surface area contributed by atoms with Gasteiger partial charge in [0.15, 0.2) is 5.11 Å². The third kappa shape index (κ3) is 6.50. The fraction of sp³-hybridized carbons (Fsp3) is 0.167. The van der Waals surface area contributed by atoms with Crippen LogP contribution in [0.25, 0.3) is 0 Å². The van der Waals surface area contributed by atoms with E-state index in [1.807, 2.05) is 6.92 Å². The number of rotatable bonds is 5. The second-order valence-electron chi connectivity index (χ2n) is 5.36. The number of nitrogens with one attached hydrogen (secondary N) is 3. The average molecular weight is 471 g/mol. The minimum absolute atomic E-state index is 0.0373. The molecule has 27 heavy (non-hydrogen) atoms. The molecule has 0 unspecified atom stereocenters. The standard InChI is InChI=1S/C18H17BrClN3O3S/c1-2-9-26-15-8-5-12(10-14(15)19)16(24)21-18(27)23-22-17(25)11-3-6-13(20)7-4-11/h3-8,10H,2,9H2,1H3,(H,22,25)(H2,21,23,24,27). The molecule has 0 saturated heterocycles. The third-order valence-electron chi connectivity index (χ3n) is 3.28. The molecule has 9 heteroatoms. The van der Waals surface area contributed by atoms with Gasteiger partial charge in [-0.1, -0.05) is 18.5 Å². The lowest BCUT2D eigenvalue weighted by molar-refractivity contribution is 0.0934. The van der Waals surface area contributed by atoms with Crippen molar-refractivity contribution in [3.63, 3.8) is 0 Å². The van der Waals surface area contributed by atoms with Gasteiger partial charge in [-0.05, 0) is 77.0 Å². The van der Waals surface area contributed by atoms with Crippen LogP contribution < -0.4 is 20.9 Å². The molecule has 0 aliphatic carbocycles. The number of amides is 2. The Balaban J connectivity index is 1.87. The molecule has 0 radical (unpaired) electrons. The number of benzene rings is 2. The van der Waals surface area contributed by atoms with Crippen molar-refractivity contribution < 1.29 is 14.3 Å². The van der Waals surface area contributed by atoms with Gasteiger partial charge in [0.25, 0.3) is 11.8 Å². The minimum Gasteiger partial charge on any atom is -0.492 e. The predicted molar refractivity (Wildman–Crippen MR) is 112 cm³/mol. The van der Waals surface area contributed by atoms with Crippen molar-refractivity contribution in [2.45, 2.75) is 13.3 Å². The van der Waals surface area contributed by atoms with Gasteiger partial charge in [-0.2, -0.15) is 0 Å². The summed E-state index contributed by atoms with van der Waals surface area (Å²) in [7, 11) is 0. The van der Waals surface area contributed by atoms with Crippen LogP contribution in [0, 0.1) is 0 Å². The zero-order chi connectivity index (χ0) is 19.8. The second-order valence-corrected chi connectivity index (χ2v) is 7.06. The molecule has 2 aromatic rings. The van der Waals surface area contributed by atoms with Crippen LogP contribution in [0.3, 0.4) is 0 Å². The number of hydrogen-bond donors (Lipinski definition) is 3. The van der Waals surface area contributed by atoms with Gasteiger partial charge in [0, 0.05) is 16.1 Å². The summed E-state index contributed by atoms with van der Waals surface area (Å²) in [5.74, 6) is -0.177. The van der Waals surface area contributed by atoms with Gasteiger partial charge in [-0.15, -0.1) is 0 Å². The molecule has 0 aliphatic rings. The number of hydrogen-bond acceptors (Lipinski definition) is 4. The van der Waals surface area contributed by atoms with Crippen LogP contribution in [-0.2, 0) is 0 Å². The Morgan fingerprint density at radius 2 is 1.74 bits per heavy atom. The molecule has 3 N–H and O–H groups in total. The lowest BCUT2D eigenvalue weighted by atomic mass is 10.2. The van der Waals surface area contributed by atoms with E-state index in [9.17, 15) is 9.59 Å². The maximum Gasteiger partial charge on any atom is 0.269 e. The predicted octanol–water partition coefficient (Wildman–Crippen LogP) is 3.84. The summed E-state index contributed by atoms with van der Waals surface area (Å²) in [5.41, 5.74) is 5.67. The van der Waals surface area contributed by atoms with E-state index in [1.165, 1.54) is 0 Å². The molecule has 0 aromatic heterocycles. The normalized spacial score (nSPS) is 10.0. The molecule has 2 aromatic carbocycles. The summed E-state index contributed by atoms with van der Waals surface area (Å²) in [6.07, 6.45) is 0.885. The molecule has 6 nitrogen and oxygen atoms in total. The van der Waals surface area contributed by atoms with Crippen molar-refractivity contribution in [3.8, 4) is 5.75 Å². The third-order valence-corrected chi connectivity index (χ3v) is 4.35. The van der Waals surface area contributed by atoms with Gasteiger partial charge in [-0.25, -0.2) is 0 Å². The maximum atomic E-state index is 12.3. The summed E-state index contributed by atoms with van der Waals surface area (Å²) >= 11 is 14.2. The molecule has 2 amide bonds. The Labute approximate surface area is 175 Å². The molecule has 0 heterocycles. The van der Waals surface area contributed by atoms with E-state index >= 15 is 0 Å². The van der Waals surface area contributed by atoms with Crippen molar-refractivity contribution in [3.05, 3.63) is 63.1 Å². The quantitative estimate of drug-likeness (QED) is 0.457. The highest BCUT2D eigenvalue weighted by molar-refractivity contribution is 9.10. The molecule has 0 aliphatic heterocycles. The number of hydrazine groups is 1. The summed E-state index contributed by atoms with van der Waals surface area (Å²) in [5, 5.41) is 2.98. The Hall–Kier alpha value is -2.16. The SMILES string of the molecule is CCCOc1ccc(C(=O)NC(=S)NNC(=O)c2ccc(Cl)cc2)cc1Br. The first kappa shape index (κ1) is 21.1. The Bertz CT molecular complexity index is 846. The number of carbonyl (C=O) groups excluding carboxylic acids is 2. The monoisotopic (exact) mass is 469 g/mol. The zero-order valence-electron chi connectivity index (χ0n) is 14.3. The van der Waals surface area contributed by atoms with Crippen LogP contribution >= 0.6 is 39.7 Å². The first-order valence-corrected chi connectivity index (χ1v) is 9.58. The lowest BCUT2D eigenvalue weighted by Crippen LogP contribution is -2.48. The molecule has 0 saturated carbocycles. The Kier molecular flexibility index (Phi) is 8.02. The topological polar surface area (TPSA) is 79.5 Å². The molecule has 0 atom stereocenters. The van der Waals surface area contributed by atoms with Gasteiger partial charge < -0.3 is 4.74 Å². The van der Waals surface area contributed by atoms with Crippen LogP contribution in [0.1, 0.15) is 34.1 Å². The first-order valence-electron chi connectivity index (χ1n) is 8.00. The number of thiocarbonyl (C=S) groups is 1. The van der Waals surface area contributed by atoms with Crippen molar-refractivity contribution in [2.75, 3.05) is 6.61 Å². The molecule has 142 valence electrons. The smallest absolute Gasteiger partial charge is 0.269 e. The van der Waals surface area contributed by atoms with Crippen LogP contribution in [0.15, 0.2) is 46.9 Å². The van der Waals surface area contributed by atoms with Gasteiger partial charge in [0.1, 0.15) is 5.75 Å². The second kappa shape index (κ2) is 10.2. The molecule has 0 fully saturated rings. The highest BCUT2D eigenvalue weighted by atomic mass is 79.9. The molecular formula is C18H17BrClN3O3S. The zero-order valence-corrected chi connectivity index (χ0v) is 17.5. The summed E-state index contributed by atoms with van der Waals surface area (Å²) in [6, 6.07) is 11.3. The number of halogens is 2. The van der Waals surface area contributed by atoms with E-state index in [-0.39, 0.29) is 5.11 Å². The first-order chi connectivity index (χ1) is 12.9. The van der Waals surface area contributed by atoms with E-state index in [1.54, 1.807) is 42.5 Å². The largest absolute Gasteiger partial charge is 0.492 e. The highest BCUT2D eigenvalue weighted by Gasteiger charge is 2.12. The summed E-state index contributed by atoms with van der Waals surface area (Å²) < 4.78 is 6.21. The maximum absolute atomic E-state index is 12.3. The van der Waals surface area contributed by atoms with E-state index < -0.39 is 11.8 Å². The van der Waals surface area contributed by atoms with E-state index in [0.717, 1.165) is 6.42 Å². The van der Waals surface area contributed by atoms with Crippen LogP contribution in [0.4, 0.5) is 0 Å². The van der Waals surface area contributed by atoms with Gasteiger partial charge in [0.05, 0.1) is 11.1 Å². The van der Waals surface area contributed by atoms with Crippen LogP contribution in [-0.4, -0.2) is 23.5 Å². The average Bonchev–Trinajstić information content (AvgIpc) is 2.65. The molecular weight excluding hydrogens is 454 g/mol. The van der Waals surface area contributed by atoms with E-state index in [4.69, 9.17) is 28.6 Å². The molecule has 0 bridgehead atoms. The van der Waals surface area contributed by atoms with Crippen molar-refractivity contribution in [1.29, 1.82) is 0 Å². The number of ether oxygens (including phenoxy) is 1. The molecule has 2 rings (SSSR count). The summed E-state index contributed by atoms with van der Waals surface area (Å²) in [4.78, 5) is 24.2. The Morgan fingerprint density at radius 1 is 1.07 bits per heavy atom. The van der Waals surface area contributed by atoms with Crippen LogP contribution in [0.2, 0.25) is 5.02 Å².